The lowest BCUT2D eigenvalue weighted by atomic mass is 10.1. The molecule has 10 aromatic heterocycles. The van der Waals surface area contributed by atoms with Gasteiger partial charge in [-0.1, -0.05) is 77.8 Å². The van der Waals surface area contributed by atoms with Gasteiger partial charge in [0.2, 0.25) is 0 Å². The Morgan fingerprint density at radius 1 is 0.359 bits per heavy atom. The second-order valence-corrected chi connectivity index (χ2v) is 52.8. The molecule has 14 unspecified atom stereocenters. The van der Waals surface area contributed by atoms with Crippen LogP contribution in [-0.4, -0.2) is 229 Å². The molecule has 11 N–H and O–H groups in total. The van der Waals surface area contributed by atoms with Crippen LogP contribution in [0.4, 0.5) is 23.3 Å². The van der Waals surface area contributed by atoms with Gasteiger partial charge >= 0.3 is 22.8 Å². The van der Waals surface area contributed by atoms with Crippen LogP contribution in [0.25, 0.3) is 33.5 Å². The van der Waals surface area contributed by atoms with Crippen LogP contribution in [-0.2, 0) is 184 Å². The molecule has 17 heterocycles. The highest BCUT2D eigenvalue weighted by atomic mass is 32.7. The molecule has 0 aliphatic carbocycles. The van der Waals surface area contributed by atoms with Crippen molar-refractivity contribution in [2.75, 3.05) is 69.7 Å². The summed E-state index contributed by atoms with van der Waals surface area (Å²) in [5.41, 5.74) is 20.2. The molecule has 17 rings (SSSR count). The first-order chi connectivity index (χ1) is 68.4. The zero-order chi connectivity index (χ0) is 104. The lowest BCUT2D eigenvalue weighted by Gasteiger charge is -2.36. The standard InChI is InChI=1S/C72H95N24O35P7S7/c1-7-35-36(8-49(118-35)91-16-32(3)66(97)87-70(91)101)126-133(105,140)112-20-45-39(10-51(120-45)92-17-33(4)67(98)88-71(92)102)128-135(107,142)114-22-46-40(11-52(121-46)93-18-34(5)68(99)89-72(93)103)129-136(108,143)116-23-47-42(14-55(123-47)96-30-85-58-62(76)79-27-82-65(58)96)131-138(110,145)117-24-48-41(13-54(124-48)95-29-84-57-61(75)78-26-81-64(57)95)130-137(109,144)115-21-44-38(9-50(119-44)90-15-31(2)59(73)86-69(90)100)127-134(106,141)113-19-43-37(125-132(104,139)111-6)12-53(122-43)94-28-83-56-60(74)77-25-80-63(56)94/h15-18,25-30,35-55H,7-14,19-24H2,1-6H3,(H,104,139)(H,105,140)(H,106,141)(H,107,142)(H,108,143)(H,109,144)(H,110,145)(H2,73,86,100)(H2,74,77,80)(H2,75,78,81)(H2,76,79,82)(H,87,97,101)(H,88,98,102)(H,89,99,103)/p-7/t35-,36?,37?,38?,39?,40?,41?,42?,43-,44-,45-,46-,47-,48-,49-,50-,51-,52-,53-,54-,55-,132?,133?,134?,135?,136?,137?,138?/m1/s1. The third-order valence-corrected chi connectivity index (χ3v) is 35.2. The average molecular weight is 2290 g/mol. The number of nitrogens with zero attached hydrogens (tertiary/aromatic N) is 17. The third-order valence-electron chi connectivity index (χ3n) is 24.1. The van der Waals surface area contributed by atoms with Crippen molar-refractivity contribution in [3.8, 4) is 0 Å². The Labute approximate surface area is 851 Å². The number of ether oxygens (including phenoxy) is 7. The van der Waals surface area contributed by atoms with Crippen LogP contribution in [0.2, 0.25) is 0 Å². The van der Waals surface area contributed by atoms with Gasteiger partial charge in [-0.15, -0.1) is 0 Å². The monoisotopic (exact) mass is 2290 g/mol. The maximum Gasteiger partial charge on any atom is 0.351 e. The number of nitrogens with two attached hydrogens (primary N) is 4. The normalized spacial score (nSPS) is 29.6. The molecular weight excluding hydrogens is 2200 g/mol. The van der Waals surface area contributed by atoms with Crippen LogP contribution in [0.5, 0.6) is 0 Å². The minimum atomic E-state index is -5.02. The van der Waals surface area contributed by atoms with Crippen molar-refractivity contribution in [2.24, 2.45) is 0 Å². The number of anilines is 4. The van der Waals surface area contributed by atoms with Gasteiger partial charge in [0, 0.05) is 99.1 Å². The predicted octanol–water partition coefficient (Wildman–Crippen LogP) is -2.00. The molecule has 0 saturated carbocycles. The van der Waals surface area contributed by atoms with E-state index in [0.29, 0.717) is 5.56 Å². The van der Waals surface area contributed by atoms with Crippen LogP contribution in [0, 0.1) is 27.7 Å². The summed E-state index contributed by atoms with van der Waals surface area (Å²) in [6, 6.07) is 0. The van der Waals surface area contributed by atoms with Crippen molar-refractivity contribution in [3.63, 3.8) is 0 Å². The summed E-state index contributed by atoms with van der Waals surface area (Å²) in [5, 5.41) is 0. The summed E-state index contributed by atoms with van der Waals surface area (Å²) >= 11 is 38.2. The summed E-state index contributed by atoms with van der Waals surface area (Å²) in [7, 11) is 1.07. The van der Waals surface area contributed by atoms with E-state index in [1.165, 1.54) is 78.4 Å². The first-order valence-corrected chi connectivity index (χ1v) is 61.4. The average Bonchev–Trinajstić information content (AvgIpc) is 1.63. The first-order valence-electron chi connectivity index (χ1n) is 43.5. The molecule has 73 heteroatoms. The minimum absolute atomic E-state index is 0.0204. The van der Waals surface area contributed by atoms with Gasteiger partial charge in [0.15, 0.2) is 41.2 Å². The molecule has 790 valence electrons. The molecule has 59 nitrogen and oxygen atoms in total. The van der Waals surface area contributed by atoms with Gasteiger partial charge in [0.1, 0.15) is 162 Å². The molecule has 0 bridgehead atoms. The van der Waals surface area contributed by atoms with E-state index in [9.17, 15) is 62.6 Å². The van der Waals surface area contributed by atoms with Crippen molar-refractivity contribution in [1.82, 2.24) is 96.8 Å². The topological polar surface area (TPSA) is 784 Å². The highest BCUT2D eigenvalue weighted by Crippen LogP contribution is 2.57. The van der Waals surface area contributed by atoms with E-state index in [4.69, 9.17) is 203 Å². The SMILES string of the molecule is CC[C@H]1O[C@@H](n2cc(C)c(=O)[nH]c2=O)CC1OP([O-])(=S)OC[C@H]1O[C@@H](n2cc(C)c(=O)[nH]c2=O)CC1OP(=O)([S-])OC[C@H]1O[C@@H](n2cc(C)c(=O)[nH]c2=O)CC1OP([O-])(=S)OC[C@H]1O[C@@H](n2cnc3c(N)ncnc32)CC1OP([O-])(=S)OC[C@H]1O[C@@H](n2cnc3c(N)ncnc32)CC1OP([O-])(=S)OC[C@H]1O[C@@H](n2cc(C)c(N)nc2=O)CC1OP([O-])(=S)OC[C@H]1O[C@@H](n2cnc3c(N)ncnc32)CC1OP([O-])(=S)OC. The zero-order valence-corrected chi connectivity index (χ0v) is 88.0. The van der Waals surface area contributed by atoms with Crippen molar-refractivity contribution < 1.29 is 130 Å². The summed E-state index contributed by atoms with van der Waals surface area (Å²) < 4.78 is 149. The van der Waals surface area contributed by atoms with E-state index in [1.54, 1.807) is 13.8 Å². The number of aryl methyl sites for hydroxylation is 4. The van der Waals surface area contributed by atoms with Crippen molar-refractivity contribution >= 4 is 187 Å². The molecule has 0 amide bonds. The van der Waals surface area contributed by atoms with Crippen LogP contribution >= 0.6 is 47.1 Å². The number of rotatable bonds is 41. The Bertz CT molecular complexity index is 7400. The molecule has 28 atom stereocenters. The van der Waals surface area contributed by atoms with Crippen molar-refractivity contribution in [1.29, 1.82) is 0 Å². The van der Waals surface area contributed by atoms with Crippen molar-refractivity contribution in [2.45, 2.75) is 215 Å². The third kappa shape index (κ3) is 25.4. The largest absolute Gasteiger partial charge is 0.780 e. The Morgan fingerprint density at radius 2 is 0.607 bits per heavy atom. The smallest absolute Gasteiger partial charge is 0.351 e. The molecular formula is C72H88N24O35P7S7-7. The summed E-state index contributed by atoms with van der Waals surface area (Å²) in [4.78, 5) is 226. The van der Waals surface area contributed by atoms with Gasteiger partial charge in [-0.25, -0.2) is 64.0 Å². The van der Waals surface area contributed by atoms with Gasteiger partial charge < -0.3 is 161 Å². The lowest BCUT2D eigenvalue weighted by molar-refractivity contribution is -0.221. The molecule has 7 fully saturated rings. The van der Waals surface area contributed by atoms with E-state index in [0.717, 1.165) is 44.2 Å². The number of hydrogen-bond donors (Lipinski definition) is 7. The van der Waals surface area contributed by atoms with Gasteiger partial charge in [0.25, 0.3) is 16.7 Å². The molecule has 145 heavy (non-hydrogen) atoms. The van der Waals surface area contributed by atoms with Crippen LogP contribution in [0.1, 0.15) is 124 Å². The number of aromatic nitrogens is 20. The van der Waals surface area contributed by atoms with Crippen LogP contribution in [0.3, 0.4) is 0 Å². The molecule has 0 spiro atoms. The molecule has 7 aliphatic heterocycles. The molecule has 10 aromatic rings. The summed E-state index contributed by atoms with van der Waals surface area (Å²) in [6.45, 7) is -30.9. The Balaban J connectivity index is 0.582. The molecule has 0 radical (unpaired) electrons. The summed E-state index contributed by atoms with van der Waals surface area (Å²) in [5.74, 6) is -0.129. The fourth-order valence-electron chi connectivity index (χ4n) is 16.9. The summed E-state index contributed by atoms with van der Waals surface area (Å²) in [6.07, 6.45) is -17.4. The van der Waals surface area contributed by atoms with E-state index < -0.39 is 268 Å². The number of imidazole rings is 3. The maximum atomic E-state index is 15.1. The number of H-pyrrole nitrogens is 3. The molecule has 7 aliphatic rings. The number of hydrogen-bond acceptors (Lipinski definition) is 56. The van der Waals surface area contributed by atoms with Gasteiger partial charge in [-0.05, 0) is 34.1 Å². The lowest BCUT2D eigenvalue weighted by Crippen LogP contribution is -2.34. The van der Waals surface area contributed by atoms with Gasteiger partial charge in [-0.2, -0.15) is 4.98 Å². The predicted molar refractivity (Wildman–Crippen MR) is 513 cm³/mol. The first kappa shape index (κ1) is 109. The van der Waals surface area contributed by atoms with E-state index >= 15 is 4.89 Å². The Hall–Kier alpha value is -6.83. The van der Waals surface area contributed by atoms with E-state index in [2.05, 4.69) is 64.8 Å². The fraction of sp³-hybridized carbons (Fsp3) is 0.569. The Kier molecular flexibility index (Phi) is 33.3. The molecule has 0 aromatic carbocycles. The number of nitrogen functional groups attached to an aromatic ring is 4. The maximum absolute atomic E-state index is 15.1. The highest BCUT2D eigenvalue weighted by Gasteiger charge is 2.50. The van der Waals surface area contributed by atoms with E-state index in [1.807, 2.05) is 0 Å². The van der Waals surface area contributed by atoms with E-state index in [-0.39, 0.29) is 112 Å². The quantitative estimate of drug-likeness (QED) is 0.0161. The number of fused-ring (bicyclic) bond motifs is 3. The van der Waals surface area contributed by atoms with Crippen molar-refractivity contribution in [3.05, 3.63) is 158 Å². The Morgan fingerprint density at radius 3 is 0.897 bits per heavy atom. The molecule has 7 saturated heterocycles. The number of nitrogens with one attached hydrogen (secondary N) is 3. The van der Waals surface area contributed by atoms with Gasteiger partial charge in [-0.3, -0.25) is 65.9 Å². The minimum Gasteiger partial charge on any atom is -0.780 e. The highest BCUT2D eigenvalue weighted by molar-refractivity contribution is 8.32. The fourth-order valence-corrected chi connectivity index (χ4v) is 26.7. The van der Waals surface area contributed by atoms with Gasteiger partial charge in [0.05, 0.1) is 107 Å². The number of aromatic amines is 3. The second kappa shape index (κ2) is 44.1. The van der Waals surface area contributed by atoms with Crippen LogP contribution < -0.4 is 91.7 Å². The zero-order valence-electron chi connectivity index (χ0n) is 76.0. The second-order valence-electron chi connectivity index (χ2n) is 33.7. The van der Waals surface area contributed by atoms with Crippen LogP contribution in [0.15, 0.2) is 96.3 Å².